The van der Waals surface area contributed by atoms with Crippen LogP contribution in [-0.2, 0) is 28.9 Å². The van der Waals surface area contributed by atoms with Gasteiger partial charge in [0.25, 0.3) is 0 Å². The molecule has 4 rings (SSSR count). The molecule has 0 radical (unpaired) electrons. The first-order valence-electron chi connectivity index (χ1n) is 12.4. The van der Waals surface area contributed by atoms with Gasteiger partial charge in [-0.3, -0.25) is 14.6 Å². The van der Waals surface area contributed by atoms with Crippen molar-refractivity contribution in [1.29, 1.82) is 0 Å². The van der Waals surface area contributed by atoms with Crippen molar-refractivity contribution in [2.24, 2.45) is 5.73 Å². The smallest absolute Gasteiger partial charge is 0.406 e. The Morgan fingerprint density at radius 2 is 1.80 bits per heavy atom. The molecule has 9 nitrogen and oxygen atoms in total. The number of carbonyl (C=O) groups excluding carboxylic acids is 2. The number of nitrogens with one attached hydrogen (secondary N) is 1. The maximum absolute atomic E-state index is 14.7. The van der Waals surface area contributed by atoms with E-state index in [1.54, 1.807) is 30.3 Å². The summed E-state index contributed by atoms with van der Waals surface area (Å²) in [5, 5.41) is 11.5. The van der Waals surface area contributed by atoms with Gasteiger partial charge in [-0.1, -0.05) is 35.6 Å². The molecule has 0 aliphatic carbocycles. The molecule has 2 amide bonds. The third-order valence-electron chi connectivity index (χ3n) is 5.81. The molecule has 0 saturated heterocycles. The Bertz CT molecular complexity index is 1500. The normalized spacial score (nSPS) is 12.1. The highest BCUT2D eigenvalue weighted by atomic mass is 32.1. The highest BCUT2D eigenvalue weighted by molar-refractivity contribution is 7.15. The van der Waals surface area contributed by atoms with E-state index in [1.165, 1.54) is 29.7 Å². The van der Waals surface area contributed by atoms with Crippen molar-refractivity contribution in [3.8, 4) is 5.75 Å². The number of hydrogen-bond acceptors (Lipinski definition) is 8. The van der Waals surface area contributed by atoms with Crippen LogP contribution in [0.2, 0.25) is 0 Å². The fraction of sp³-hybridized carbons (Fsp3) is 0.259. The van der Waals surface area contributed by atoms with E-state index in [2.05, 4.69) is 30.2 Å². The van der Waals surface area contributed by atoms with Crippen LogP contribution in [0.4, 0.5) is 22.7 Å². The quantitative estimate of drug-likeness (QED) is 0.139. The number of aryl methyl sites for hydroxylation is 2. The summed E-state index contributed by atoms with van der Waals surface area (Å²) in [5.74, 6) is -3.20. The molecule has 214 valence electrons. The molecule has 1 unspecified atom stereocenters. The number of anilines is 1. The van der Waals surface area contributed by atoms with Gasteiger partial charge in [-0.05, 0) is 55.2 Å². The molecule has 0 saturated carbocycles. The second kappa shape index (κ2) is 13.3. The molecule has 0 spiro atoms. The number of rotatable bonds is 12. The molecule has 0 aliphatic heterocycles. The number of benzene rings is 1. The van der Waals surface area contributed by atoms with E-state index in [4.69, 9.17) is 5.73 Å². The molecule has 0 aliphatic rings. The van der Waals surface area contributed by atoms with E-state index in [9.17, 15) is 27.2 Å². The zero-order valence-electron chi connectivity index (χ0n) is 21.4. The number of amides is 2. The molecule has 3 N–H and O–H groups in total. The molecule has 3 heterocycles. The molecule has 4 aromatic rings. The fourth-order valence-corrected chi connectivity index (χ4v) is 4.81. The van der Waals surface area contributed by atoms with E-state index < -0.39 is 35.8 Å². The summed E-state index contributed by atoms with van der Waals surface area (Å²) >= 11 is 1.17. The minimum absolute atomic E-state index is 0.176. The number of ether oxygens (including phenoxy) is 1. The summed E-state index contributed by atoms with van der Waals surface area (Å²) in [4.78, 5) is 32.4. The number of halogens is 4. The van der Waals surface area contributed by atoms with Crippen LogP contribution >= 0.6 is 11.3 Å². The number of carbonyl (C=O) groups is 2. The SMILES string of the molecule is NC(=O)C(c1ccccn1)c1ccc(CCCCc2nnc(NC(=O)Cc3cccc(OC(F)(F)F)c3)s2)c(F)n1. The number of pyridine rings is 2. The van der Waals surface area contributed by atoms with Crippen LogP contribution in [0.5, 0.6) is 5.75 Å². The number of unbranched alkanes of at least 4 members (excludes halogenated alkanes) is 1. The van der Waals surface area contributed by atoms with Gasteiger partial charge in [0.2, 0.25) is 22.9 Å². The lowest BCUT2D eigenvalue weighted by Gasteiger charge is -2.13. The first kappa shape index (κ1) is 29.5. The zero-order chi connectivity index (χ0) is 29.4. The van der Waals surface area contributed by atoms with Crippen LogP contribution < -0.4 is 15.8 Å². The van der Waals surface area contributed by atoms with Gasteiger partial charge in [-0.15, -0.1) is 23.4 Å². The zero-order valence-corrected chi connectivity index (χ0v) is 22.2. The van der Waals surface area contributed by atoms with Crippen molar-refractivity contribution in [2.75, 3.05) is 5.32 Å². The topological polar surface area (TPSA) is 133 Å². The molecule has 3 aromatic heterocycles. The Kier molecular flexibility index (Phi) is 9.55. The minimum Gasteiger partial charge on any atom is -0.406 e. The predicted molar refractivity (Wildman–Crippen MR) is 141 cm³/mol. The lowest BCUT2D eigenvalue weighted by molar-refractivity contribution is -0.274. The number of aromatic nitrogens is 4. The number of primary amides is 1. The Morgan fingerprint density at radius 1 is 1.00 bits per heavy atom. The second-order valence-electron chi connectivity index (χ2n) is 8.90. The van der Waals surface area contributed by atoms with Crippen LogP contribution in [0, 0.1) is 5.95 Å². The van der Waals surface area contributed by atoms with Crippen LogP contribution in [0.15, 0.2) is 60.8 Å². The first-order valence-corrected chi connectivity index (χ1v) is 13.2. The number of nitrogens with zero attached hydrogens (tertiary/aromatic N) is 4. The van der Waals surface area contributed by atoms with E-state index in [1.807, 2.05) is 0 Å². The van der Waals surface area contributed by atoms with Crippen molar-refractivity contribution in [3.05, 3.63) is 94.3 Å². The lowest BCUT2D eigenvalue weighted by Crippen LogP contribution is -2.24. The molecular weight excluding hydrogens is 564 g/mol. The largest absolute Gasteiger partial charge is 0.573 e. The van der Waals surface area contributed by atoms with Crippen LogP contribution in [0.1, 0.15) is 46.3 Å². The molecule has 0 fully saturated rings. The van der Waals surface area contributed by atoms with Gasteiger partial charge in [-0.25, -0.2) is 4.98 Å². The fourth-order valence-electron chi connectivity index (χ4n) is 4.01. The standard InChI is InChI=1S/C27H24F4N6O3S/c28-24-17(11-12-20(34-24)23(25(32)39)19-9-3-4-13-33-19)7-1-2-10-22-36-37-26(41-22)35-21(38)15-16-6-5-8-18(14-16)40-27(29,30)31/h3-6,8-9,11-14,23H,1-2,7,10,15H2,(H2,32,39)(H,35,37,38). The van der Waals surface area contributed by atoms with Gasteiger partial charge in [0.1, 0.15) is 16.7 Å². The van der Waals surface area contributed by atoms with E-state index in [0.29, 0.717) is 47.5 Å². The average molecular weight is 589 g/mol. The third kappa shape index (κ3) is 8.76. The maximum Gasteiger partial charge on any atom is 0.573 e. The van der Waals surface area contributed by atoms with Crippen molar-refractivity contribution in [1.82, 2.24) is 20.2 Å². The average Bonchev–Trinajstić information content (AvgIpc) is 3.34. The molecule has 41 heavy (non-hydrogen) atoms. The van der Waals surface area contributed by atoms with Crippen molar-refractivity contribution < 1.29 is 31.9 Å². The Hall–Kier alpha value is -4.46. The second-order valence-corrected chi connectivity index (χ2v) is 9.97. The molecule has 1 aromatic carbocycles. The van der Waals surface area contributed by atoms with Gasteiger partial charge >= 0.3 is 6.36 Å². The summed E-state index contributed by atoms with van der Waals surface area (Å²) in [7, 11) is 0. The predicted octanol–water partition coefficient (Wildman–Crippen LogP) is 4.73. The number of nitrogens with two attached hydrogens (primary N) is 1. The minimum atomic E-state index is -4.82. The third-order valence-corrected chi connectivity index (χ3v) is 6.71. The molecule has 14 heteroatoms. The monoisotopic (exact) mass is 588 g/mol. The number of hydrogen-bond donors (Lipinski definition) is 2. The highest BCUT2D eigenvalue weighted by Gasteiger charge is 2.31. The molecule has 1 atom stereocenters. The summed E-state index contributed by atoms with van der Waals surface area (Å²) in [5.41, 5.74) is 6.82. The van der Waals surface area contributed by atoms with Crippen molar-refractivity contribution >= 4 is 28.3 Å². The molecular formula is C27H24F4N6O3S. The number of alkyl halides is 3. The van der Waals surface area contributed by atoms with Crippen LogP contribution in [-0.4, -0.2) is 38.3 Å². The Morgan fingerprint density at radius 3 is 2.51 bits per heavy atom. The summed E-state index contributed by atoms with van der Waals surface area (Å²) in [6.07, 6.45) is -1.25. The first-order chi connectivity index (χ1) is 19.6. The summed E-state index contributed by atoms with van der Waals surface area (Å²) in [6.45, 7) is 0. The molecule has 0 bridgehead atoms. The van der Waals surface area contributed by atoms with Gasteiger partial charge in [-0.2, -0.15) is 4.39 Å². The maximum atomic E-state index is 14.7. The lowest BCUT2D eigenvalue weighted by atomic mass is 9.98. The Balaban J connectivity index is 1.25. The van der Waals surface area contributed by atoms with Crippen LogP contribution in [0.25, 0.3) is 0 Å². The van der Waals surface area contributed by atoms with Gasteiger partial charge in [0, 0.05) is 18.2 Å². The van der Waals surface area contributed by atoms with Gasteiger partial charge in [0.05, 0.1) is 17.8 Å². The van der Waals surface area contributed by atoms with E-state index in [0.717, 1.165) is 12.1 Å². The summed E-state index contributed by atoms with van der Waals surface area (Å²) in [6, 6.07) is 13.3. The van der Waals surface area contributed by atoms with Crippen LogP contribution in [0.3, 0.4) is 0 Å². The Labute approximate surface area is 235 Å². The summed E-state index contributed by atoms with van der Waals surface area (Å²) < 4.78 is 55.8. The highest BCUT2D eigenvalue weighted by Crippen LogP contribution is 2.25. The van der Waals surface area contributed by atoms with E-state index >= 15 is 0 Å². The van der Waals surface area contributed by atoms with Gasteiger partial charge < -0.3 is 15.8 Å². The van der Waals surface area contributed by atoms with Gasteiger partial charge in [0.15, 0.2) is 0 Å². The van der Waals surface area contributed by atoms with Crippen molar-refractivity contribution in [3.63, 3.8) is 0 Å². The van der Waals surface area contributed by atoms with E-state index in [-0.39, 0.29) is 17.2 Å². The van der Waals surface area contributed by atoms with Crippen molar-refractivity contribution in [2.45, 2.75) is 44.4 Å².